The molecule has 1 aliphatic rings. The zero-order chi connectivity index (χ0) is 8.10. The predicted octanol–water partition coefficient (Wildman–Crippen LogP) is 0.817. The van der Waals surface area contributed by atoms with Crippen molar-refractivity contribution in [1.82, 2.24) is 5.32 Å². The molecule has 1 rings (SSSR count). The number of carbonyl (C=O) groups excluding carboxylic acids is 1. The molecule has 1 aliphatic heterocycles. The van der Waals surface area contributed by atoms with E-state index in [1.165, 1.54) is 0 Å². The molecule has 0 atom stereocenters. The van der Waals surface area contributed by atoms with Crippen LogP contribution in [0.15, 0.2) is 11.8 Å². The number of hydrogen-bond acceptors (Lipinski definition) is 3. The quantitative estimate of drug-likeness (QED) is 0.600. The van der Waals surface area contributed by atoms with Gasteiger partial charge >= 0.3 is 5.97 Å². The van der Waals surface area contributed by atoms with Gasteiger partial charge in [0.15, 0.2) is 0 Å². The van der Waals surface area contributed by atoms with E-state index in [0.717, 1.165) is 25.0 Å². The van der Waals surface area contributed by atoms with E-state index in [-0.39, 0.29) is 5.97 Å². The van der Waals surface area contributed by atoms with Gasteiger partial charge in [-0.1, -0.05) is 0 Å². The summed E-state index contributed by atoms with van der Waals surface area (Å²) in [5.74, 6) is -0.181. The highest BCUT2D eigenvalue weighted by Crippen LogP contribution is 2.09. The fourth-order valence-electron chi connectivity index (χ4n) is 1.03. The summed E-state index contributed by atoms with van der Waals surface area (Å²) in [6, 6.07) is 0. The molecule has 0 bridgehead atoms. The largest absolute Gasteiger partial charge is 0.463 e. The summed E-state index contributed by atoms with van der Waals surface area (Å²) in [5.41, 5.74) is 0.762. The van der Waals surface area contributed by atoms with Gasteiger partial charge in [0.2, 0.25) is 0 Å². The molecule has 0 amide bonds. The first-order valence-electron chi connectivity index (χ1n) is 3.94. The Bertz CT molecular complexity index is 175. The normalized spacial score (nSPS) is 16.6. The standard InChI is InChI=1S/C8H13NO2/c1-2-11-8(10)7-4-3-5-9-6-7/h6,9H,2-5H2,1H3. The minimum absolute atomic E-state index is 0.181. The van der Waals surface area contributed by atoms with Crippen molar-refractivity contribution in [2.75, 3.05) is 13.2 Å². The molecule has 3 heteroatoms. The second kappa shape index (κ2) is 4.01. The predicted molar refractivity (Wildman–Crippen MR) is 42.0 cm³/mol. The molecule has 0 fully saturated rings. The van der Waals surface area contributed by atoms with Crippen LogP contribution in [-0.2, 0) is 9.53 Å². The Morgan fingerprint density at radius 3 is 3.18 bits per heavy atom. The van der Waals surface area contributed by atoms with Crippen LogP contribution in [0.5, 0.6) is 0 Å². The van der Waals surface area contributed by atoms with E-state index < -0.39 is 0 Å². The summed E-state index contributed by atoms with van der Waals surface area (Å²) < 4.78 is 4.83. The number of hydrogen-bond donors (Lipinski definition) is 1. The van der Waals surface area contributed by atoms with E-state index in [1.807, 2.05) is 6.92 Å². The van der Waals surface area contributed by atoms with Gasteiger partial charge in [0.1, 0.15) is 0 Å². The van der Waals surface area contributed by atoms with Crippen LogP contribution in [0, 0.1) is 0 Å². The highest BCUT2D eigenvalue weighted by molar-refractivity contribution is 5.88. The lowest BCUT2D eigenvalue weighted by Crippen LogP contribution is -2.19. The molecular formula is C8H13NO2. The Hall–Kier alpha value is -0.990. The number of ether oxygens (including phenoxy) is 1. The highest BCUT2D eigenvalue weighted by atomic mass is 16.5. The summed E-state index contributed by atoms with van der Waals surface area (Å²) in [4.78, 5) is 11.1. The van der Waals surface area contributed by atoms with Gasteiger partial charge in [0.05, 0.1) is 12.2 Å². The van der Waals surface area contributed by atoms with Gasteiger partial charge in [-0.2, -0.15) is 0 Å². The minimum atomic E-state index is -0.181. The molecule has 0 aliphatic carbocycles. The van der Waals surface area contributed by atoms with Gasteiger partial charge in [-0.05, 0) is 19.8 Å². The third-order valence-corrected chi connectivity index (χ3v) is 1.58. The van der Waals surface area contributed by atoms with E-state index in [2.05, 4.69) is 5.32 Å². The molecule has 11 heavy (non-hydrogen) atoms. The molecule has 0 saturated carbocycles. The molecule has 0 aromatic heterocycles. The summed E-state index contributed by atoms with van der Waals surface area (Å²) in [6.07, 6.45) is 3.61. The van der Waals surface area contributed by atoms with Crippen LogP contribution in [0.4, 0.5) is 0 Å². The van der Waals surface area contributed by atoms with Crippen LogP contribution in [0.1, 0.15) is 19.8 Å². The van der Waals surface area contributed by atoms with E-state index >= 15 is 0 Å². The van der Waals surface area contributed by atoms with Crippen molar-refractivity contribution in [2.45, 2.75) is 19.8 Å². The third-order valence-electron chi connectivity index (χ3n) is 1.58. The monoisotopic (exact) mass is 155 g/mol. The zero-order valence-electron chi connectivity index (χ0n) is 6.72. The van der Waals surface area contributed by atoms with Gasteiger partial charge in [-0.3, -0.25) is 0 Å². The second-order valence-corrected chi connectivity index (χ2v) is 2.45. The summed E-state index contributed by atoms with van der Waals surface area (Å²) in [7, 11) is 0. The number of carbonyl (C=O) groups is 1. The van der Waals surface area contributed by atoms with Gasteiger partial charge in [0.25, 0.3) is 0 Å². The van der Waals surface area contributed by atoms with Crippen LogP contribution in [-0.4, -0.2) is 19.1 Å². The van der Waals surface area contributed by atoms with Crippen LogP contribution in [0.25, 0.3) is 0 Å². The highest BCUT2D eigenvalue weighted by Gasteiger charge is 2.11. The zero-order valence-corrected chi connectivity index (χ0v) is 6.72. The molecule has 1 heterocycles. The first-order chi connectivity index (χ1) is 5.34. The first kappa shape index (κ1) is 8.11. The second-order valence-electron chi connectivity index (χ2n) is 2.45. The van der Waals surface area contributed by atoms with Crippen molar-refractivity contribution in [3.05, 3.63) is 11.8 Å². The fourth-order valence-corrected chi connectivity index (χ4v) is 1.03. The topological polar surface area (TPSA) is 38.3 Å². The van der Waals surface area contributed by atoms with Crippen molar-refractivity contribution in [1.29, 1.82) is 0 Å². The Balaban J connectivity index is 2.44. The van der Waals surface area contributed by atoms with E-state index in [1.54, 1.807) is 6.20 Å². The lowest BCUT2D eigenvalue weighted by atomic mass is 10.1. The number of esters is 1. The first-order valence-corrected chi connectivity index (χ1v) is 3.94. The summed E-state index contributed by atoms with van der Waals surface area (Å²) >= 11 is 0. The molecular weight excluding hydrogens is 142 g/mol. The van der Waals surface area contributed by atoms with Crippen LogP contribution >= 0.6 is 0 Å². The average molecular weight is 155 g/mol. The van der Waals surface area contributed by atoms with Gasteiger partial charge in [0, 0.05) is 12.7 Å². The molecule has 62 valence electrons. The Labute approximate surface area is 66.4 Å². The number of nitrogens with one attached hydrogen (secondary N) is 1. The molecule has 0 aromatic carbocycles. The average Bonchev–Trinajstić information content (AvgIpc) is 2.07. The van der Waals surface area contributed by atoms with Crippen molar-refractivity contribution < 1.29 is 9.53 Å². The maximum absolute atomic E-state index is 11.1. The van der Waals surface area contributed by atoms with Crippen molar-refractivity contribution in [3.8, 4) is 0 Å². The van der Waals surface area contributed by atoms with E-state index in [4.69, 9.17) is 4.74 Å². The molecule has 0 aromatic rings. The summed E-state index contributed by atoms with van der Waals surface area (Å²) in [6.45, 7) is 3.23. The smallest absolute Gasteiger partial charge is 0.335 e. The van der Waals surface area contributed by atoms with Crippen molar-refractivity contribution >= 4 is 5.97 Å². The molecule has 0 unspecified atom stereocenters. The molecule has 0 spiro atoms. The van der Waals surface area contributed by atoms with Crippen molar-refractivity contribution in [3.63, 3.8) is 0 Å². The number of rotatable bonds is 2. The van der Waals surface area contributed by atoms with Gasteiger partial charge in [-0.25, -0.2) is 4.79 Å². The van der Waals surface area contributed by atoms with Crippen LogP contribution < -0.4 is 5.32 Å². The van der Waals surface area contributed by atoms with Gasteiger partial charge < -0.3 is 10.1 Å². The maximum atomic E-state index is 11.1. The fraction of sp³-hybridized carbons (Fsp3) is 0.625. The maximum Gasteiger partial charge on any atom is 0.335 e. The van der Waals surface area contributed by atoms with E-state index in [0.29, 0.717) is 6.61 Å². The Morgan fingerprint density at radius 2 is 2.64 bits per heavy atom. The Morgan fingerprint density at radius 1 is 1.82 bits per heavy atom. The van der Waals surface area contributed by atoms with Crippen molar-refractivity contribution in [2.24, 2.45) is 0 Å². The SMILES string of the molecule is CCOC(=O)C1=CNCCC1. The molecule has 3 nitrogen and oxygen atoms in total. The molecule has 0 radical (unpaired) electrons. The lowest BCUT2D eigenvalue weighted by Gasteiger charge is -2.12. The lowest BCUT2D eigenvalue weighted by molar-refractivity contribution is -0.138. The van der Waals surface area contributed by atoms with Crippen LogP contribution in [0.2, 0.25) is 0 Å². The van der Waals surface area contributed by atoms with Gasteiger partial charge in [-0.15, -0.1) is 0 Å². The Kier molecular flexibility index (Phi) is 2.95. The molecule has 0 saturated heterocycles. The van der Waals surface area contributed by atoms with Crippen LogP contribution in [0.3, 0.4) is 0 Å². The molecule has 1 N–H and O–H groups in total. The minimum Gasteiger partial charge on any atom is -0.463 e. The summed E-state index contributed by atoms with van der Waals surface area (Å²) in [5, 5.41) is 3.01. The van der Waals surface area contributed by atoms with E-state index in [9.17, 15) is 4.79 Å². The third kappa shape index (κ3) is 2.26.